The molecule has 8 heteroatoms. The van der Waals surface area contributed by atoms with Crippen LogP contribution in [0.2, 0.25) is 0 Å². The Kier molecular flexibility index (Phi) is 15.4. The van der Waals surface area contributed by atoms with Crippen LogP contribution in [-0.4, -0.2) is 59.0 Å². The van der Waals surface area contributed by atoms with Crippen molar-refractivity contribution in [3.05, 3.63) is 83.8 Å². The zero-order chi connectivity index (χ0) is 28.5. The number of nitrogens with zero attached hydrogens (tertiary/aromatic N) is 3. The standard InChI is InChI=1S/C30H41ClN4O3/c1-7-18-32-21-24(6)35(9-3)30(38)26-13-12-19-33-29(25(8-2)17-16-22(4)31)27(34-23(5)20-26)14-10-11-15-28(36)37/h7-8,12-13,16-18,20,23,32H,4,6,9-11,14-15,19,21H2,1-3,5H3,(H,36,37)/b13-12-,17-16-,18-7+,25-8?,26-20+,33-29?,34-27?. The second-order valence-corrected chi connectivity index (χ2v) is 9.14. The van der Waals surface area contributed by atoms with E-state index in [0.717, 1.165) is 17.0 Å². The van der Waals surface area contributed by atoms with Crippen LogP contribution in [0.3, 0.4) is 0 Å². The normalized spacial score (nSPS) is 18.8. The lowest BCUT2D eigenvalue weighted by molar-refractivity contribution is -0.137. The van der Waals surface area contributed by atoms with Gasteiger partial charge >= 0.3 is 5.97 Å². The molecule has 1 heterocycles. The molecule has 0 bridgehead atoms. The number of hydrogen-bond acceptors (Lipinski definition) is 5. The number of halogens is 1. The highest BCUT2D eigenvalue weighted by atomic mass is 35.5. The Morgan fingerprint density at radius 1 is 1.26 bits per heavy atom. The Labute approximate surface area is 232 Å². The number of carboxylic acids is 1. The second kappa shape index (κ2) is 17.9. The van der Waals surface area contributed by atoms with Gasteiger partial charge in [-0.1, -0.05) is 55.1 Å². The van der Waals surface area contributed by atoms with E-state index in [1.165, 1.54) is 0 Å². The first kappa shape index (κ1) is 32.6. The summed E-state index contributed by atoms with van der Waals surface area (Å²) in [6, 6.07) is -0.324. The summed E-state index contributed by atoms with van der Waals surface area (Å²) in [5.41, 5.74) is 3.50. The quantitative estimate of drug-likeness (QED) is 0.204. The molecule has 7 nitrogen and oxygen atoms in total. The molecule has 0 aromatic carbocycles. The average Bonchev–Trinajstić information content (AvgIpc) is 2.86. The molecule has 0 aromatic rings. The average molecular weight is 541 g/mol. The molecule has 1 amide bonds. The number of rotatable bonds is 14. The first-order chi connectivity index (χ1) is 18.1. The van der Waals surface area contributed by atoms with E-state index >= 15 is 0 Å². The third-order valence-electron chi connectivity index (χ3n) is 5.57. The summed E-state index contributed by atoms with van der Waals surface area (Å²) < 4.78 is 0. The van der Waals surface area contributed by atoms with E-state index in [1.807, 2.05) is 64.3 Å². The van der Waals surface area contributed by atoms with Crippen molar-refractivity contribution in [2.45, 2.75) is 59.4 Å². The molecular formula is C30H41ClN4O3. The molecule has 0 radical (unpaired) electrons. The predicted molar refractivity (Wildman–Crippen MR) is 160 cm³/mol. The third kappa shape index (κ3) is 11.7. The Hall–Kier alpha value is -3.45. The number of aliphatic carboxylic acids is 1. The molecule has 0 saturated carbocycles. The molecule has 1 atom stereocenters. The van der Waals surface area contributed by atoms with E-state index in [9.17, 15) is 9.59 Å². The molecule has 1 aliphatic heterocycles. The van der Waals surface area contributed by atoms with E-state index < -0.39 is 5.97 Å². The summed E-state index contributed by atoms with van der Waals surface area (Å²) in [6.45, 7) is 16.7. The SMILES string of the molecule is C=C(Cl)/C=C\C(=CC)C1=NC/C=C\C(C(=O)N(CC)C(=C)CN/C=C/C)=C/C(C)N=C1CCCCC(=O)O. The Balaban J connectivity index is 3.39. The number of amides is 1. The number of carbonyl (C=O) groups excluding carboxylic acids is 1. The van der Waals surface area contributed by atoms with E-state index in [2.05, 4.69) is 18.5 Å². The van der Waals surface area contributed by atoms with E-state index in [4.69, 9.17) is 26.7 Å². The fourth-order valence-corrected chi connectivity index (χ4v) is 3.84. The van der Waals surface area contributed by atoms with E-state index in [1.54, 1.807) is 17.1 Å². The van der Waals surface area contributed by atoms with Gasteiger partial charge in [-0.05, 0) is 70.9 Å². The highest BCUT2D eigenvalue weighted by Gasteiger charge is 2.20. The molecule has 0 spiro atoms. The maximum absolute atomic E-state index is 13.5. The summed E-state index contributed by atoms with van der Waals surface area (Å²) in [5.74, 6) is -0.972. The van der Waals surface area contributed by atoms with Gasteiger partial charge in [0.1, 0.15) is 0 Å². The lowest BCUT2D eigenvalue weighted by Gasteiger charge is -2.24. The van der Waals surface area contributed by atoms with Gasteiger partial charge in [-0.2, -0.15) is 0 Å². The summed E-state index contributed by atoms with van der Waals surface area (Å²) in [5, 5.41) is 12.5. The molecule has 0 saturated heterocycles. The monoisotopic (exact) mass is 540 g/mol. The van der Waals surface area contributed by atoms with Crippen LogP contribution < -0.4 is 5.32 Å². The van der Waals surface area contributed by atoms with Gasteiger partial charge in [0.05, 0.1) is 30.6 Å². The van der Waals surface area contributed by atoms with E-state index in [0.29, 0.717) is 55.2 Å². The Bertz CT molecular complexity index is 1080. The minimum Gasteiger partial charge on any atom is -0.481 e. The van der Waals surface area contributed by atoms with Crippen LogP contribution in [0, 0.1) is 0 Å². The van der Waals surface area contributed by atoms with Crippen molar-refractivity contribution in [3.63, 3.8) is 0 Å². The minimum atomic E-state index is -0.822. The molecule has 0 aliphatic carbocycles. The number of nitrogens with one attached hydrogen (secondary N) is 1. The van der Waals surface area contributed by atoms with Crippen LogP contribution in [0.15, 0.2) is 93.8 Å². The molecule has 2 N–H and O–H groups in total. The number of carbonyl (C=O) groups is 2. The van der Waals surface area contributed by atoms with Gasteiger partial charge in [0.25, 0.3) is 5.91 Å². The summed E-state index contributed by atoms with van der Waals surface area (Å²) in [7, 11) is 0. The number of likely N-dealkylation sites (N-methyl/N-ethyl adjacent to an activating group) is 1. The van der Waals surface area contributed by atoms with Gasteiger partial charge in [-0.15, -0.1) is 0 Å². The molecule has 1 aliphatic rings. The number of allylic oxidation sites excluding steroid dienone is 6. The minimum absolute atomic E-state index is 0.0959. The van der Waals surface area contributed by atoms with Gasteiger partial charge in [0.15, 0.2) is 0 Å². The van der Waals surface area contributed by atoms with Crippen molar-refractivity contribution in [3.8, 4) is 0 Å². The number of carboxylic acid groups (broad SMARTS) is 1. The predicted octanol–water partition coefficient (Wildman–Crippen LogP) is 6.14. The largest absolute Gasteiger partial charge is 0.481 e. The number of unbranched alkanes of at least 4 members (excludes halogenated alkanes) is 1. The fraction of sp³-hybridized carbons (Fsp3) is 0.400. The van der Waals surface area contributed by atoms with Gasteiger partial charge in [-0.3, -0.25) is 19.6 Å². The Morgan fingerprint density at radius 2 is 2.00 bits per heavy atom. The van der Waals surface area contributed by atoms with Gasteiger partial charge in [-0.25, -0.2) is 0 Å². The van der Waals surface area contributed by atoms with Crippen molar-refractivity contribution in [1.29, 1.82) is 0 Å². The van der Waals surface area contributed by atoms with Crippen molar-refractivity contribution < 1.29 is 14.7 Å². The number of hydrogen-bond donors (Lipinski definition) is 2. The topological polar surface area (TPSA) is 94.4 Å². The van der Waals surface area contributed by atoms with Gasteiger partial charge in [0, 0.05) is 29.3 Å². The molecule has 0 aromatic heterocycles. The lowest BCUT2D eigenvalue weighted by Crippen LogP contribution is -2.34. The Morgan fingerprint density at radius 3 is 2.61 bits per heavy atom. The van der Waals surface area contributed by atoms with Crippen LogP contribution in [0.5, 0.6) is 0 Å². The summed E-state index contributed by atoms with van der Waals surface area (Å²) in [4.78, 5) is 35.9. The van der Waals surface area contributed by atoms with Crippen molar-refractivity contribution in [2.24, 2.45) is 9.98 Å². The van der Waals surface area contributed by atoms with Crippen LogP contribution in [0.25, 0.3) is 0 Å². The first-order valence-electron chi connectivity index (χ1n) is 12.9. The maximum atomic E-state index is 13.5. The molecule has 1 unspecified atom stereocenters. The smallest absolute Gasteiger partial charge is 0.303 e. The molecule has 0 fully saturated rings. The van der Waals surface area contributed by atoms with Crippen molar-refractivity contribution in [2.75, 3.05) is 19.6 Å². The maximum Gasteiger partial charge on any atom is 0.303 e. The molecule has 206 valence electrons. The second-order valence-electron chi connectivity index (χ2n) is 8.65. The molecule has 38 heavy (non-hydrogen) atoms. The lowest BCUT2D eigenvalue weighted by atomic mass is 9.99. The molecule has 1 rings (SSSR count). The zero-order valence-electron chi connectivity index (χ0n) is 23.0. The van der Waals surface area contributed by atoms with Crippen LogP contribution in [-0.2, 0) is 9.59 Å². The van der Waals surface area contributed by atoms with Gasteiger partial charge in [0.2, 0.25) is 0 Å². The highest BCUT2D eigenvalue weighted by molar-refractivity contribution is 6.49. The fourth-order valence-electron chi connectivity index (χ4n) is 3.78. The van der Waals surface area contributed by atoms with E-state index in [-0.39, 0.29) is 18.4 Å². The van der Waals surface area contributed by atoms with Crippen LogP contribution in [0.1, 0.15) is 53.4 Å². The van der Waals surface area contributed by atoms with Crippen LogP contribution in [0.4, 0.5) is 0 Å². The zero-order valence-corrected chi connectivity index (χ0v) is 23.8. The highest BCUT2D eigenvalue weighted by Crippen LogP contribution is 2.17. The number of aliphatic imine (C=N–C) groups is 2. The third-order valence-corrected chi connectivity index (χ3v) is 5.69. The van der Waals surface area contributed by atoms with Crippen molar-refractivity contribution in [1.82, 2.24) is 10.2 Å². The summed E-state index contributed by atoms with van der Waals surface area (Å²) >= 11 is 5.95. The summed E-state index contributed by atoms with van der Waals surface area (Å²) in [6.07, 6.45) is 16.5. The van der Waals surface area contributed by atoms with Crippen molar-refractivity contribution >= 4 is 34.9 Å². The molecular weight excluding hydrogens is 500 g/mol. The first-order valence-corrected chi connectivity index (χ1v) is 13.3. The van der Waals surface area contributed by atoms with Crippen LogP contribution >= 0.6 is 11.6 Å². The van der Waals surface area contributed by atoms with Gasteiger partial charge < -0.3 is 15.3 Å².